The maximum atomic E-state index is 11.5. The minimum absolute atomic E-state index is 0.198. The lowest BCUT2D eigenvalue weighted by Gasteiger charge is -2.30. The zero-order valence-corrected chi connectivity index (χ0v) is 12.5. The van der Waals surface area contributed by atoms with Gasteiger partial charge in [0, 0.05) is 13.0 Å². The van der Waals surface area contributed by atoms with E-state index in [1.54, 1.807) is 0 Å². The summed E-state index contributed by atoms with van der Waals surface area (Å²) in [5, 5.41) is 3.01. The minimum atomic E-state index is 0.198. The highest BCUT2D eigenvalue weighted by Crippen LogP contribution is 2.15. The van der Waals surface area contributed by atoms with Gasteiger partial charge in [-0.15, -0.1) is 0 Å². The van der Waals surface area contributed by atoms with Gasteiger partial charge in [0.15, 0.2) is 0 Å². The molecule has 1 saturated heterocycles. The van der Waals surface area contributed by atoms with E-state index >= 15 is 0 Å². The maximum absolute atomic E-state index is 11.5. The highest BCUT2D eigenvalue weighted by Gasteiger charge is 2.14. The Kier molecular flexibility index (Phi) is 8.84. The van der Waals surface area contributed by atoms with Crippen molar-refractivity contribution in [2.45, 2.75) is 51.9 Å². The topological polar surface area (TPSA) is 58.4 Å². The van der Waals surface area contributed by atoms with Crippen molar-refractivity contribution in [1.29, 1.82) is 0 Å². The van der Waals surface area contributed by atoms with Crippen LogP contribution in [-0.2, 0) is 4.79 Å². The van der Waals surface area contributed by atoms with E-state index in [1.807, 2.05) is 0 Å². The number of nitrogens with one attached hydrogen (secondary N) is 1. The molecule has 0 bridgehead atoms. The van der Waals surface area contributed by atoms with E-state index in [1.165, 1.54) is 25.9 Å². The predicted molar refractivity (Wildman–Crippen MR) is 80.0 cm³/mol. The van der Waals surface area contributed by atoms with Crippen molar-refractivity contribution in [3.8, 4) is 0 Å². The molecule has 0 aliphatic carbocycles. The highest BCUT2D eigenvalue weighted by atomic mass is 16.1. The van der Waals surface area contributed by atoms with Gasteiger partial charge in [0.1, 0.15) is 0 Å². The van der Waals surface area contributed by atoms with Crippen LogP contribution in [0.4, 0.5) is 0 Å². The van der Waals surface area contributed by atoms with Gasteiger partial charge < -0.3 is 16.0 Å². The molecule has 1 rings (SSSR count). The molecule has 1 aliphatic heterocycles. The number of piperidine rings is 1. The Bertz CT molecular complexity index is 238. The van der Waals surface area contributed by atoms with Crippen LogP contribution in [0, 0.1) is 5.92 Å². The molecule has 112 valence electrons. The fourth-order valence-electron chi connectivity index (χ4n) is 2.51. The fraction of sp³-hybridized carbons (Fsp3) is 0.933. The summed E-state index contributed by atoms with van der Waals surface area (Å²) in [6.07, 6.45) is 7.44. The van der Waals surface area contributed by atoms with Gasteiger partial charge in [-0.25, -0.2) is 0 Å². The van der Waals surface area contributed by atoms with Crippen molar-refractivity contribution < 1.29 is 4.79 Å². The first-order valence-corrected chi connectivity index (χ1v) is 7.91. The third-order valence-electron chi connectivity index (χ3n) is 3.96. The number of hydrogen-bond acceptors (Lipinski definition) is 3. The molecule has 0 aromatic carbocycles. The predicted octanol–water partition coefficient (Wildman–Crippen LogP) is 1.74. The SMILES string of the molecule is CC1CCN(CCCNC(=O)CCCCCN)CC1. The van der Waals surface area contributed by atoms with Crippen LogP contribution in [-0.4, -0.2) is 43.5 Å². The van der Waals surface area contributed by atoms with Crippen molar-refractivity contribution in [3.63, 3.8) is 0 Å². The lowest BCUT2D eigenvalue weighted by molar-refractivity contribution is -0.121. The van der Waals surface area contributed by atoms with Gasteiger partial charge in [0.25, 0.3) is 0 Å². The van der Waals surface area contributed by atoms with Crippen LogP contribution in [0.25, 0.3) is 0 Å². The first-order chi connectivity index (χ1) is 9.22. The standard InChI is InChI=1S/C15H31N3O/c1-14-7-12-18(13-8-14)11-5-10-17-15(19)6-3-2-4-9-16/h14H,2-13,16H2,1H3,(H,17,19). The lowest BCUT2D eigenvalue weighted by Crippen LogP contribution is -2.35. The number of hydrogen-bond donors (Lipinski definition) is 2. The van der Waals surface area contributed by atoms with E-state index in [-0.39, 0.29) is 5.91 Å². The molecule has 19 heavy (non-hydrogen) atoms. The van der Waals surface area contributed by atoms with Crippen molar-refractivity contribution in [1.82, 2.24) is 10.2 Å². The van der Waals surface area contributed by atoms with Gasteiger partial charge in [0.2, 0.25) is 5.91 Å². The van der Waals surface area contributed by atoms with Crippen LogP contribution < -0.4 is 11.1 Å². The Balaban J connectivity index is 1.91. The molecule has 0 unspecified atom stereocenters. The second kappa shape index (κ2) is 10.2. The van der Waals surface area contributed by atoms with Crippen LogP contribution in [0.5, 0.6) is 0 Å². The van der Waals surface area contributed by atoms with Crippen LogP contribution in [0.2, 0.25) is 0 Å². The number of unbranched alkanes of at least 4 members (excludes halogenated alkanes) is 2. The van der Waals surface area contributed by atoms with Crippen molar-refractivity contribution in [2.75, 3.05) is 32.7 Å². The summed E-state index contributed by atoms with van der Waals surface area (Å²) in [6, 6.07) is 0. The molecule has 3 N–H and O–H groups in total. The number of carbonyl (C=O) groups excluding carboxylic acids is 1. The monoisotopic (exact) mass is 269 g/mol. The second-order valence-electron chi connectivity index (χ2n) is 5.83. The smallest absolute Gasteiger partial charge is 0.219 e. The average Bonchev–Trinajstić information content (AvgIpc) is 2.42. The summed E-state index contributed by atoms with van der Waals surface area (Å²) < 4.78 is 0. The maximum Gasteiger partial charge on any atom is 0.219 e. The van der Waals surface area contributed by atoms with E-state index in [0.717, 1.165) is 51.2 Å². The molecule has 4 nitrogen and oxygen atoms in total. The van der Waals surface area contributed by atoms with Crippen molar-refractivity contribution >= 4 is 5.91 Å². The first kappa shape index (κ1) is 16.4. The molecule has 1 aliphatic rings. The molecular weight excluding hydrogens is 238 g/mol. The number of carbonyl (C=O) groups is 1. The zero-order valence-electron chi connectivity index (χ0n) is 12.5. The molecule has 1 fully saturated rings. The molecule has 0 spiro atoms. The van der Waals surface area contributed by atoms with Gasteiger partial charge in [-0.2, -0.15) is 0 Å². The summed E-state index contributed by atoms with van der Waals surface area (Å²) in [5.41, 5.74) is 5.42. The van der Waals surface area contributed by atoms with Crippen LogP contribution >= 0.6 is 0 Å². The van der Waals surface area contributed by atoms with Crippen LogP contribution in [0.3, 0.4) is 0 Å². The average molecular weight is 269 g/mol. The number of nitrogens with two attached hydrogens (primary N) is 1. The summed E-state index contributed by atoms with van der Waals surface area (Å²) >= 11 is 0. The molecule has 1 heterocycles. The number of nitrogens with zero attached hydrogens (tertiary/aromatic N) is 1. The lowest BCUT2D eigenvalue weighted by atomic mass is 9.99. The third kappa shape index (κ3) is 8.22. The highest BCUT2D eigenvalue weighted by molar-refractivity contribution is 5.75. The molecular formula is C15H31N3O. The summed E-state index contributed by atoms with van der Waals surface area (Å²) in [5.74, 6) is 1.09. The van der Waals surface area contributed by atoms with Crippen LogP contribution in [0.1, 0.15) is 51.9 Å². The summed E-state index contributed by atoms with van der Waals surface area (Å²) in [4.78, 5) is 14.1. The van der Waals surface area contributed by atoms with Gasteiger partial charge in [-0.1, -0.05) is 13.3 Å². The van der Waals surface area contributed by atoms with Gasteiger partial charge in [-0.3, -0.25) is 4.79 Å². The second-order valence-corrected chi connectivity index (χ2v) is 5.83. The van der Waals surface area contributed by atoms with Gasteiger partial charge >= 0.3 is 0 Å². The van der Waals surface area contributed by atoms with E-state index in [4.69, 9.17) is 5.73 Å². The van der Waals surface area contributed by atoms with Gasteiger partial charge in [0.05, 0.1) is 0 Å². The number of amides is 1. The molecule has 4 heteroatoms. The van der Waals surface area contributed by atoms with Crippen molar-refractivity contribution in [3.05, 3.63) is 0 Å². The molecule has 1 amide bonds. The normalized spacial score (nSPS) is 17.6. The fourth-order valence-corrected chi connectivity index (χ4v) is 2.51. The summed E-state index contributed by atoms with van der Waals surface area (Å²) in [7, 11) is 0. The molecule has 0 aromatic rings. The minimum Gasteiger partial charge on any atom is -0.356 e. The Morgan fingerprint density at radius 2 is 1.95 bits per heavy atom. The molecule has 0 aromatic heterocycles. The quantitative estimate of drug-likeness (QED) is 0.627. The van der Waals surface area contributed by atoms with E-state index < -0.39 is 0 Å². The van der Waals surface area contributed by atoms with Gasteiger partial charge in [-0.05, 0) is 64.2 Å². The Hall–Kier alpha value is -0.610. The Morgan fingerprint density at radius 1 is 1.21 bits per heavy atom. The summed E-state index contributed by atoms with van der Waals surface area (Å²) in [6.45, 7) is 7.47. The van der Waals surface area contributed by atoms with E-state index in [2.05, 4.69) is 17.1 Å². The number of rotatable bonds is 9. The molecule has 0 radical (unpaired) electrons. The van der Waals surface area contributed by atoms with Crippen molar-refractivity contribution in [2.24, 2.45) is 11.7 Å². The zero-order chi connectivity index (χ0) is 13.9. The largest absolute Gasteiger partial charge is 0.356 e. The molecule has 0 atom stereocenters. The molecule has 0 saturated carbocycles. The van der Waals surface area contributed by atoms with E-state index in [9.17, 15) is 4.79 Å². The Morgan fingerprint density at radius 3 is 2.63 bits per heavy atom. The third-order valence-corrected chi connectivity index (χ3v) is 3.96. The Labute approximate surface area is 118 Å². The van der Waals surface area contributed by atoms with E-state index in [0.29, 0.717) is 6.42 Å². The first-order valence-electron chi connectivity index (χ1n) is 7.91. The number of likely N-dealkylation sites (tertiary alicyclic amines) is 1. The van der Waals surface area contributed by atoms with Crippen LogP contribution in [0.15, 0.2) is 0 Å².